The number of pyridine rings is 1. The fourth-order valence-corrected chi connectivity index (χ4v) is 5.78. The second kappa shape index (κ2) is 10.4. The van der Waals surface area contributed by atoms with Gasteiger partial charge in [-0.2, -0.15) is 5.10 Å². The van der Waals surface area contributed by atoms with E-state index in [1.165, 1.54) is 16.7 Å². The standard InChI is InChI=1S/C22H20N8O5S2/c23-22-25-14(11-37-22)15(28-35-9-13-4-5-24-27-13)18(31)26-16-19(32)30-17(21(33)34)12(10-36-20(16)30)8-29-6-2-1-3-7-29/h1-7,11,16,20H,8-10H2,(H4-,23,24,25,26,27,31,33,34)/t16-,20+/m1/s1. The number of rotatable bonds is 9. The van der Waals surface area contributed by atoms with E-state index in [1.807, 2.05) is 22.8 Å². The molecular weight excluding hydrogens is 520 g/mol. The lowest BCUT2D eigenvalue weighted by Crippen LogP contribution is -2.71. The van der Waals surface area contributed by atoms with E-state index in [0.717, 1.165) is 11.3 Å². The lowest BCUT2D eigenvalue weighted by atomic mass is 10.0. The van der Waals surface area contributed by atoms with Crippen molar-refractivity contribution in [2.24, 2.45) is 5.16 Å². The van der Waals surface area contributed by atoms with E-state index in [-0.39, 0.29) is 28.8 Å². The molecule has 2 aliphatic heterocycles. The van der Waals surface area contributed by atoms with Gasteiger partial charge in [0.05, 0.1) is 17.4 Å². The van der Waals surface area contributed by atoms with Gasteiger partial charge in [-0.15, -0.1) is 23.1 Å². The van der Waals surface area contributed by atoms with E-state index in [2.05, 4.69) is 25.7 Å². The van der Waals surface area contributed by atoms with Crippen LogP contribution in [0.1, 0.15) is 11.4 Å². The van der Waals surface area contributed by atoms with Gasteiger partial charge in [-0.1, -0.05) is 11.2 Å². The van der Waals surface area contributed by atoms with Crippen LogP contribution >= 0.6 is 23.1 Å². The van der Waals surface area contributed by atoms with Gasteiger partial charge in [0.25, 0.3) is 11.8 Å². The van der Waals surface area contributed by atoms with Crippen molar-refractivity contribution in [1.82, 2.24) is 25.4 Å². The predicted octanol–water partition coefficient (Wildman–Crippen LogP) is -1.24. The van der Waals surface area contributed by atoms with Crippen LogP contribution < -0.4 is 20.7 Å². The Balaban J connectivity index is 1.32. The van der Waals surface area contributed by atoms with Gasteiger partial charge in [0.1, 0.15) is 17.1 Å². The monoisotopic (exact) mass is 540 g/mol. The van der Waals surface area contributed by atoms with Crippen molar-refractivity contribution in [3.8, 4) is 0 Å². The summed E-state index contributed by atoms with van der Waals surface area (Å²) in [4.78, 5) is 48.7. The molecule has 5 heterocycles. The first-order chi connectivity index (χ1) is 17.9. The van der Waals surface area contributed by atoms with Crippen LogP contribution in [0.3, 0.4) is 0 Å². The molecule has 4 N–H and O–H groups in total. The second-order valence-corrected chi connectivity index (χ2v) is 10.0. The number of thiazole rings is 1. The van der Waals surface area contributed by atoms with Crippen LogP contribution in [0.2, 0.25) is 0 Å². The van der Waals surface area contributed by atoms with Gasteiger partial charge >= 0.3 is 0 Å². The number of carbonyl (C=O) groups is 3. The molecule has 190 valence electrons. The molecule has 0 aliphatic carbocycles. The number of H-pyrrole nitrogens is 1. The molecule has 13 nitrogen and oxygen atoms in total. The van der Waals surface area contributed by atoms with Crippen LogP contribution in [0.4, 0.5) is 5.13 Å². The van der Waals surface area contributed by atoms with Gasteiger partial charge in [-0.25, -0.2) is 9.55 Å². The highest BCUT2D eigenvalue weighted by Gasteiger charge is 2.53. The number of carboxylic acids is 1. The first-order valence-electron chi connectivity index (χ1n) is 10.9. The molecule has 0 saturated carbocycles. The summed E-state index contributed by atoms with van der Waals surface area (Å²) in [6.45, 7) is 0.313. The number of fused-ring (bicyclic) bond motifs is 1. The molecule has 3 aromatic rings. The Hall–Kier alpha value is -4.24. The summed E-state index contributed by atoms with van der Waals surface area (Å²) < 4.78 is 1.81. The van der Waals surface area contributed by atoms with Crippen molar-refractivity contribution in [2.75, 3.05) is 11.5 Å². The van der Waals surface area contributed by atoms with Crippen LogP contribution in [-0.2, 0) is 32.4 Å². The molecule has 2 aliphatic rings. The molecule has 15 heteroatoms. The molecule has 1 fully saturated rings. The van der Waals surface area contributed by atoms with Crippen LogP contribution in [0.25, 0.3) is 0 Å². The normalized spacial score (nSPS) is 19.3. The fraction of sp³-hybridized carbons (Fsp3) is 0.227. The number of nitrogens with zero attached hydrogens (tertiary/aromatic N) is 5. The quantitative estimate of drug-likeness (QED) is 0.129. The first kappa shape index (κ1) is 24.5. The zero-order valence-corrected chi connectivity index (χ0v) is 20.7. The Labute approximate surface area is 218 Å². The third-order valence-corrected chi connectivity index (χ3v) is 7.61. The molecule has 37 heavy (non-hydrogen) atoms. The average Bonchev–Trinajstić information content (AvgIpc) is 3.57. The minimum Gasteiger partial charge on any atom is -0.543 e. The highest BCUT2D eigenvalue weighted by molar-refractivity contribution is 8.00. The third-order valence-electron chi connectivity index (χ3n) is 5.59. The lowest BCUT2D eigenvalue weighted by molar-refractivity contribution is -0.689. The molecule has 5 rings (SSSR count). The average molecular weight is 541 g/mol. The summed E-state index contributed by atoms with van der Waals surface area (Å²) in [6.07, 6.45) is 5.16. The summed E-state index contributed by atoms with van der Waals surface area (Å²) in [7, 11) is 0. The maximum Gasteiger partial charge on any atom is 0.276 e. The molecule has 1 saturated heterocycles. The van der Waals surface area contributed by atoms with Crippen molar-refractivity contribution < 1.29 is 28.9 Å². The van der Waals surface area contributed by atoms with Crippen molar-refractivity contribution in [3.05, 3.63) is 70.9 Å². The molecule has 2 atom stereocenters. The maximum atomic E-state index is 13.1. The maximum absolute atomic E-state index is 13.1. The Morgan fingerprint density at radius 1 is 1.35 bits per heavy atom. The summed E-state index contributed by atoms with van der Waals surface area (Å²) in [5, 5.41) is 26.3. The molecule has 0 unspecified atom stereocenters. The van der Waals surface area contributed by atoms with Crippen LogP contribution in [0.5, 0.6) is 0 Å². The van der Waals surface area contributed by atoms with Gasteiger partial charge in [0.2, 0.25) is 0 Å². The number of thioether (sulfide) groups is 1. The summed E-state index contributed by atoms with van der Waals surface area (Å²) in [5.41, 5.74) is 6.74. The fourth-order valence-electron chi connectivity index (χ4n) is 3.90. The number of hydrogen-bond acceptors (Lipinski definition) is 11. The van der Waals surface area contributed by atoms with Crippen LogP contribution in [0, 0.1) is 0 Å². The minimum absolute atomic E-state index is 0.0208. The Bertz CT molecular complexity index is 1390. The molecular formula is C22H20N8O5S2. The van der Waals surface area contributed by atoms with E-state index in [9.17, 15) is 19.5 Å². The molecule has 0 spiro atoms. The van der Waals surface area contributed by atoms with E-state index >= 15 is 0 Å². The summed E-state index contributed by atoms with van der Waals surface area (Å²) in [5.74, 6) is -2.36. The number of nitrogens with one attached hydrogen (secondary N) is 2. The Morgan fingerprint density at radius 2 is 2.16 bits per heavy atom. The number of nitrogen functional groups attached to an aromatic ring is 1. The number of aliphatic carboxylic acids is 1. The highest BCUT2D eigenvalue weighted by atomic mass is 32.2. The molecule has 0 bridgehead atoms. The smallest absolute Gasteiger partial charge is 0.276 e. The summed E-state index contributed by atoms with van der Waals surface area (Å²) >= 11 is 2.47. The SMILES string of the molecule is Nc1nc(C(=NOCc2ccn[nH]2)C(=O)N[C@@H]2C(=O)N3C(C(=O)[O-])=C(C[n+]4ccccc4)CS[C@@H]23)cs1. The number of carboxylic acid groups (broad SMARTS) is 1. The van der Waals surface area contributed by atoms with Crippen LogP contribution in [0.15, 0.2) is 64.7 Å². The number of anilines is 1. The first-order valence-corrected chi connectivity index (χ1v) is 12.9. The number of oxime groups is 1. The van der Waals surface area contributed by atoms with E-state index in [0.29, 0.717) is 23.6 Å². The number of nitrogens with two attached hydrogens (primary N) is 1. The zero-order chi connectivity index (χ0) is 25.9. The number of hydrogen-bond donors (Lipinski definition) is 3. The molecule has 2 amide bonds. The van der Waals surface area contributed by atoms with Gasteiger partial charge < -0.3 is 25.8 Å². The summed E-state index contributed by atoms with van der Waals surface area (Å²) in [6, 6.07) is 6.22. The van der Waals surface area contributed by atoms with Gasteiger partial charge in [0.15, 0.2) is 36.4 Å². The topological polar surface area (TPSA) is 183 Å². The third kappa shape index (κ3) is 5.03. The lowest BCUT2D eigenvalue weighted by Gasteiger charge is -2.50. The van der Waals surface area contributed by atoms with Gasteiger partial charge in [0, 0.05) is 35.0 Å². The molecule has 3 aromatic heterocycles. The molecule has 0 radical (unpaired) electrons. The van der Waals surface area contributed by atoms with E-state index in [1.54, 1.807) is 30.0 Å². The van der Waals surface area contributed by atoms with Crippen molar-refractivity contribution in [3.63, 3.8) is 0 Å². The van der Waals surface area contributed by atoms with Crippen molar-refractivity contribution in [2.45, 2.75) is 24.6 Å². The Morgan fingerprint density at radius 3 is 2.84 bits per heavy atom. The van der Waals surface area contributed by atoms with Crippen molar-refractivity contribution >= 4 is 51.7 Å². The van der Waals surface area contributed by atoms with Crippen molar-refractivity contribution in [1.29, 1.82) is 0 Å². The number of aromatic nitrogens is 4. The van der Waals surface area contributed by atoms with E-state index < -0.39 is 29.2 Å². The van der Waals surface area contributed by atoms with Gasteiger partial charge in [-0.3, -0.25) is 19.6 Å². The number of carbonyl (C=O) groups excluding carboxylic acids is 3. The number of β-lactam (4-membered cyclic amide) rings is 1. The zero-order valence-electron chi connectivity index (χ0n) is 19.1. The number of aromatic amines is 1. The van der Waals surface area contributed by atoms with E-state index in [4.69, 9.17) is 10.6 Å². The largest absolute Gasteiger partial charge is 0.543 e. The minimum atomic E-state index is -1.44. The predicted molar refractivity (Wildman–Crippen MR) is 130 cm³/mol. The Kier molecular flexibility index (Phi) is 6.87. The molecule has 0 aromatic carbocycles. The van der Waals surface area contributed by atoms with Crippen LogP contribution in [-0.4, -0.2) is 60.7 Å². The highest BCUT2D eigenvalue weighted by Crippen LogP contribution is 2.40. The second-order valence-electron chi connectivity index (χ2n) is 8.01. The number of amides is 2. The van der Waals surface area contributed by atoms with Gasteiger partial charge in [-0.05, 0) is 6.07 Å².